The van der Waals surface area contributed by atoms with E-state index >= 15 is 0 Å². The van der Waals surface area contributed by atoms with Crippen LogP contribution < -0.4 is 10.9 Å². The fraction of sp³-hybridized carbons (Fsp3) is 0.360. The van der Waals surface area contributed by atoms with E-state index in [1.807, 2.05) is 16.5 Å². The van der Waals surface area contributed by atoms with Gasteiger partial charge in [-0.15, -0.1) is 10.2 Å². The van der Waals surface area contributed by atoms with Crippen LogP contribution in [0.25, 0.3) is 16.7 Å². The molecule has 1 aliphatic rings. The summed E-state index contributed by atoms with van der Waals surface area (Å²) in [6, 6.07) is 13.7. The van der Waals surface area contributed by atoms with Crippen LogP contribution in [0.4, 0.5) is 0 Å². The fourth-order valence-electron chi connectivity index (χ4n) is 4.52. The summed E-state index contributed by atoms with van der Waals surface area (Å²) in [4.78, 5) is 25.9. The molecule has 1 N–H and O–H groups in total. The maximum Gasteiger partial charge on any atom is 0.262 e. The van der Waals surface area contributed by atoms with E-state index in [1.165, 1.54) is 22.1 Å². The van der Waals surface area contributed by atoms with Gasteiger partial charge in [-0.3, -0.25) is 18.6 Å². The molecular formula is C25H27N5O2S. The van der Waals surface area contributed by atoms with Crippen molar-refractivity contribution < 1.29 is 4.79 Å². The molecule has 5 rings (SSSR count). The first-order chi connectivity index (χ1) is 16.0. The molecule has 1 fully saturated rings. The number of rotatable bonds is 5. The maximum absolute atomic E-state index is 13.0. The van der Waals surface area contributed by atoms with Crippen molar-refractivity contribution in [3.05, 3.63) is 69.5 Å². The highest BCUT2D eigenvalue weighted by Gasteiger charge is 2.20. The number of hydrogen-bond acceptors (Lipinski definition) is 5. The summed E-state index contributed by atoms with van der Waals surface area (Å²) < 4.78 is 3.39. The minimum Gasteiger partial charge on any atom is -0.349 e. The average Bonchev–Trinajstić information content (AvgIpc) is 3.26. The molecule has 1 saturated carbocycles. The van der Waals surface area contributed by atoms with Crippen molar-refractivity contribution in [1.82, 2.24) is 24.5 Å². The first kappa shape index (κ1) is 21.7. The Hall–Kier alpha value is -3.13. The minimum absolute atomic E-state index is 0.0974. The lowest BCUT2D eigenvalue weighted by molar-refractivity contribution is 0.0928. The predicted octanol–water partition coefficient (Wildman–Crippen LogP) is 4.24. The molecule has 0 aliphatic heterocycles. The topological polar surface area (TPSA) is 81.3 Å². The maximum atomic E-state index is 13.0. The molecule has 1 aliphatic carbocycles. The summed E-state index contributed by atoms with van der Waals surface area (Å²) in [7, 11) is 1.70. The van der Waals surface area contributed by atoms with Gasteiger partial charge in [-0.1, -0.05) is 55.3 Å². The van der Waals surface area contributed by atoms with Gasteiger partial charge in [-0.05, 0) is 49.1 Å². The summed E-state index contributed by atoms with van der Waals surface area (Å²) in [6.45, 7) is 2.09. The first-order valence-electron chi connectivity index (χ1n) is 11.4. The molecule has 33 heavy (non-hydrogen) atoms. The highest BCUT2D eigenvalue weighted by Crippen LogP contribution is 2.26. The number of aromatic nitrogens is 4. The van der Waals surface area contributed by atoms with Crippen molar-refractivity contribution in [3.63, 3.8) is 0 Å². The zero-order valence-electron chi connectivity index (χ0n) is 18.9. The van der Waals surface area contributed by atoms with Crippen molar-refractivity contribution in [2.45, 2.75) is 56.0 Å². The molecule has 2 heterocycles. The van der Waals surface area contributed by atoms with Gasteiger partial charge in [0.2, 0.25) is 5.78 Å². The van der Waals surface area contributed by atoms with Gasteiger partial charge in [0, 0.05) is 24.4 Å². The Balaban J connectivity index is 1.54. The lowest BCUT2D eigenvalue weighted by atomic mass is 9.95. The fourth-order valence-corrected chi connectivity index (χ4v) is 5.54. The van der Waals surface area contributed by atoms with Crippen LogP contribution in [0.1, 0.15) is 53.6 Å². The zero-order chi connectivity index (χ0) is 22.9. The molecule has 0 spiro atoms. The number of aryl methyl sites for hydroxylation is 2. The Bertz CT molecular complexity index is 1400. The van der Waals surface area contributed by atoms with Gasteiger partial charge in [-0.2, -0.15) is 0 Å². The van der Waals surface area contributed by atoms with E-state index in [9.17, 15) is 9.59 Å². The number of benzene rings is 2. The molecule has 2 aromatic carbocycles. The summed E-state index contributed by atoms with van der Waals surface area (Å²) in [5, 5.41) is 13.1. The van der Waals surface area contributed by atoms with Gasteiger partial charge in [0.15, 0.2) is 5.16 Å². The summed E-state index contributed by atoms with van der Waals surface area (Å²) in [5.74, 6) is 1.10. The van der Waals surface area contributed by atoms with E-state index in [2.05, 4.69) is 34.6 Å². The molecule has 0 unspecified atom stereocenters. The van der Waals surface area contributed by atoms with Crippen LogP contribution in [-0.2, 0) is 12.8 Å². The van der Waals surface area contributed by atoms with Crippen molar-refractivity contribution in [1.29, 1.82) is 0 Å². The molecule has 1 amide bonds. The van der Waals surface area contributed by atoms with Crippen LogP contribution in [0.15, 0.2) is 52.4 Å². The Labute approximate surface area is 196 Å². The SMILES string of the molecule is Cc1ccccc1CSc1nnc2n(C)c(=O)c3ccc(C(=O)NC4CCCCC4)cc3n12. The number of nitrogens with zero attached hydrogens (tertiary/aromatic N) is 4. The second kappa shape index (κ2) is 9.02. The van der Waals surface area contributed by atoms with Gasteiger partial charge in [0.1, 0.15) is 0 Å². The molecule has 4 aromatic rings. The third kappa shape index (κ3) is 4.15. The normalized spacial score (nSPS) is 14.7. The van der Waals surface area contributed by atoms with E-state index in [0.717, 1.165) is 31.4 Å². The summed E-state index contributed by atoms with van der Waals surface area (Å²) in [6.07, 6.45) is 5.59. The molecule has 0 radical (unpaired) electrons. The quantitative estimate of drug-likeness (QED) is 0.450. The summed E-state index contributed by atoms with van der Waals surface area (Å²) in [5.41, 5.74) is 3.49. The molecule has 7 nitrogen and oxygen atoms in total. The molecule has 2 aromatic heterocycles. The molecule has 0 saturated heterocycles. The van der Waals surface area contributed by atoms with Crippen LogP contribution in [-0.4, -0.2) is 31.1 Å². The molecule has 8 heteroatoms. The Kier molecular flexibility index (Phi) is 5.93. The van der Waals surface area contributed by atoms with Crippen molar-refractivity contribution in [2.24, 2.45) is 7.05 Å². The smallest absolute Gasteiger partial charge is 0.262 e. The van der Waals surface area contributed by atoms with E-state index in [-0.39, 0.29) is 17.5 Å². The Morgan fingerprint density at radius 1 is 1.12 bits per heavy atom. The minimum atomic E-state index is -0.153. The van der Waals surface area contributed by atoms with E-state index in [1.54, 1.807) is 37.0 Å². The number of fused-ring (bicyclic) bond motifs is 3. The lowest BCUT2D eigenvalue weighted by Gasteiger charge is -2.22. The van der Waals surface area contributed by atoms with Gasteiger partial charge in [0.05, 0.1) is 10.9 Å². The van der Waals surface area contributed by atoms with Crippen LogP contribution in [0, 0.1) is 6.92 Å². The Morgan fingerprint density at radius 2 is 1.91 bits per heavy atom. The van der Waals surface area contributed by atoms with Gasteiger partial charge >= 0.3 is 0 Å². The van der Waals surface area contributed by atoms with Crippen molar-refractivity contribution in [3.8, 4) is 0 Å². The molecular weight excluding hydrogens is 434 g/mol. The third-order valence-electron chi connectivity index (χ3n) is 6.51. The highest BCUT2D eigenvalue weighted by atomic mass is 32.2. The third-order valence-corrected chi connectivity index (χ3v) is 7.49. The number of carbonyl (C=O) groups is 1. The van der Waals surface area contributed by atoms with E-state index in [4.69, 9.17) is 0 Å². The van der Waals surface area contributed by atoms with Gasteiger partial charge in [-0.25, -0.2) is 0 Å². The number of carbonyl (C=O) groups excluding carboxylic acids is 1. The highest BCUT2D eigenvalue weighted by molar-refractivity contribution is 7.98. The molecule has 0 atom stereocenters. The number of amides is 1. The van der Waals surface area contributed by atoms with Crippen LogP contribution >= 0.6 is 11.8 Å². The van der Waals surface area contributed by atoms with E-state index in [0.29, 0.717) is 27.4 Å². The monoisotopic (exact) mass is 461 g/mol. The number of nitrogens with one attached hydrogen (secondary N) is 1. The van der Waals surface area contributed by atoms with Crippen LogP contribution in [0.2, 0.25) is 0 Å². The average molecular weight is 462 g/mol. The van der Waals surface area contributed by atoms with Gasteiger partial charge in [0.25, 0.3) is 11.5 Å². The standard InChI is InChI=1S/C25H27N5O2S/c1-16-8-6-7-9-18(16)15-33-25-28-27-24-29(2)23(32)20-13-12-17(14-21(20)30(24)25)22(31)26-19-10-4-3-5-11-19/h6-9,12-14,19H,3-5,10-11,15H2,1-2H3,(H,26,31). The number of thioether (sulfide) groups is 1. The van der Waals surface area contributed by atoms with Crippen LogP contribution in [0.3, 0.4) is 0 Å². The van der Waals surface area contributed by atoms with Crippen molar-refractivity contribution >= 4 is 34.3 Å². The van der Waals surface area contributed by atoms with Crippen LogP contribution in [0.5, 0.6) is 0 Å². The largest absolute Gasteiger partial charge is 0.349 e. The van der Waals surface area contributed by atoms with Gasteiger partial charge < -0.3 is 5.32 Å². The molecule has 170 valence electrons. The predicted molar refractivity (Wildman–Crippen MR) is 131 cm³/mol. The lowest BCUT2D eigenvalue weighted by Crippen LogP contribution is -2.36. The second-order valence-corrected chi connectivity index (χ2v) is 9.68. The Morgan fingerprint density at radius 3 is 2.70 bits per heavy atom. The van der Waals surface area contributed by atoms with E-state index < -0.39 is 0 Å². The number of hydrogen-bond donors (Lipinski definition) is 1. The molecule has 0 bridgehead atoms. The zero-order valence-corrected chi connectivity index (χ0v) is 19.7. The first-order valence-corrected chi connectivity index (χ1v) is 12.4. The summed E-state index contributed by atoms with van der Waals surface area (Å²) >= 11 is 1.57. The second-order valence-electron chi connectivity index (χ2n) is 8.74. The van der Waals surface area contributed by atoms with Crippen molar-refractivity contribution in [2.75, 3.05) is 0 Å².